The number of halogens is 4. The summed E-state index contributed by atoms with van der Waals surface area (Å²) in [5.41, 5.74) is 0.0778. The summed E-state index contributed by atoms with van der Waals surface area (Å²) < 4.78 is 38.0. The van der Waals surface area contributed by atoms with Gasteiger partial charge in [0, 0.05) is 11.6 Å². The summed E-state index contributed by atoms with van der Waals surface area (Å²) >= 11 is 1.87. The van der Waals surface area contributed by atoms with Crippen molar-refractivity contribution in [2.45, 2.75) is 25.1 Å². The molecule has 19 heavy (non-hydrogen) atoms. The predicted octanol–water partition coefficient (Wildman–Crippen LogP) is 3.16. The first-order valence-electron chi connectivity index (χ1n) is 5.64. The molecule has 0 bridgehead atoms. The zero-order valence-electron chi connectivity index (χ0n) is 9.75. The van der Waals surface area contributed by atoms with Crippen LogP contribution in [0.25, 0.3) is 0 Å². The van der Waals surface area contributed by atoms with Crippen LogP contribution < -0.4 is 0 Å². The molecule has 104 valence electrons. The number of aromatic hydroxyl groups is 1. The Balaban J connectivity index is 2.21. The van der Waals surface area contributed by atoms with Crippen molar-refractivity contribution in [3.63, 3.8) is 0 Å². The number of carbonyl (C=O) groups is 1. The molecular formula is C12H11F3INO2. The highest BCUT2D eigenvalue weighted by Gasteiger charge is 2.40. The standard InChI is InChI=1S/C12H11F3INO2/c13-12(14,15)6-17(8-2-3-8)11(19)7-1-4-9(16)10(18)5-7/h1,4-5,8,18H,2-3,6H2. The van der Waals surface area contributed by atoms with Gasteiger partial charge in [0.25, 0.3) is 5.91 Å². The Hall–Kier alpha value is -0.990. The van der Waals surface area contributed by atoms with E-state index in [1.807, 2.05) is 22.6 Å². The fraction of sp³-hybridized carbons (Fsp3) is 0.417. The van der Waals surface area contributed by atoms with Crippen molar-refractivity contribution < 1.29 is 23.1 Å². The molecular weight excluding hydrogens is 374 g/mol. The van der Waals surface area contributed by atoms with E-state index in [4.69, 9.17) is 0 Å². The Kier molecular flexibility index (Phi) is 3.93. The summed E-state index contributed by atoms with van der Waals surface area (Å²) in [6.45, 7) is -1.25. The molecule has 1 aromatic carbocycles. The van der Waals surface area contributed by atoms with Gasteiger partial charge in [-0.25, -0.2) is 0 Å². The lowest BCUT2D eigenvalue weighted by Crippen LogP contribution is -2.40. The number of hydrogen-bond acceptors (Lipinski definition) is 2. The lowest BCUT2D eigenvalue weighted by Gasteiger charge is -2.23. The van der Waals surface area contributed by atoms with Crippen molar-refractivity contribution in [3.8, 4) is 5.75 Å². The van der Waals surface area contributed by atoms with Crippen LogP contribution >= 0.6 is 22.6 Å². The quantitative estimate of drug-likeness (QED) is 0.813. The van der Waals surface area contributed by atoms with Crippen LogP contribution in [0.1, 0.15) is 23.2 Å². The van der Waals surface area contributed by atoms with Crippen LogP contribution in [0.5, 0.6) is 5.75 Å². The number of hydrogen-bond donors (Lipinski definition) is 1. The van der Waals surface area contributed by atoms with E-state index >= 15 is 0 Å². The lowest BCUT2D eigenvalue weighted by atomic mass is 10.2. The molecule has 0 saturated heterocycles. The van der Waals surface area contributed by atoms with E-state index in [1.54, 1.807) is 0 Å². The van der Waals surface area contributed by atoms with Crippen LogP contribution in [0, 0.1) is 3.57 Å². The second-order valence-corrected chi connectivity index (χ2v) is 5.61. The minimum Gasteiger partial charge on any atom is -0.507 e. The normalized spacial score (nSPS) is 15.4. The van der Waals surface area contributed by atoms with Gasteiger partial charge in [-0.3, -0.25) is 4.79 Å². The third-order valence-electron chi connectivity index (χ3n) is 2.79. The number of phenols is 1. The van der Waals surface area contributed by atoms with Crippen molar-refractivity contribution in [3.05, 3.63) is 27.3 Å². The molecule has 0 aromatic heterocycles. The van der Waals surface area contributed by atoms with E-state index in [0.29, 0.717) is 16.4 Å². The number of phenolic OH excluding ortho intramolecular Hbond substituents is 1. The summed E-state index contributed by atoms with van der Waals surface area (Å²) in [5.74, 6) is -0.791. The largest absolute Gasteiger partial charge is 0.507 e. The maximum atomic E-state index is 12.5. The maximum absolute atomic E-state index is 12.5. The molecule has 1 amide bonds. The van der Waals surface area contributed by atoms with Gasteiger partial charge in [0.15, 0.2) is 0 Å². The average molecular weight is 385 g/mol. The number of rotatable bonds is 3. The fourth-order valence-electron chi connectivity index (χ4n) is 1.76. The number of benzene rings is 1. The molecule has 1 fully saturated rings. The maximum Gasteiger partial charge on any atom is 0.406 e. The first-order valence-corrected chi connectivity index (χ1v) is 6.72. The SMILES string of the molecule is O=C(c1ccc(I)c(O)c1)N(CC(F)(F)F)C1CC1. The minimum absolute atomic E-state index is 0.0778. The fourth-order valence-corrected chi connectivity index (χ4v) is 2.09. The van der Waals surface area contributed by atoms with E-state index in [1.165, 1.54) is 18.2 Å². The van der Waals surface area contributed by atoms with Crippen molar-refractivity contribution >= 4 is 28.5 Å². The van der Waals surface area contributed by atoms with Crippen LogP contribution in [0.2, 0.25) is 0 Å². The van der Waals surface area contributed by atoms with Gasteiger partial charge < -0.3 is 10.0 Å². The van der Waals surface area contributed by atoms with Crippen LogP contribution in [0.15, 0.2) is 18.2 Å². The number of alkyl halides is 3. The summed E-state index contributed by atoms with van der Waals surface area (Å²) in [4.78, 5) is 12.9. The lowest BCUT2D eigenvalue weighted by molar-refractivity contribution is -0.141. The Labute approximate surface area is 121 Å². The van der Waals surface area contributed by atoms with Gasteiger partial charge >= 0.3 is 6.18 Å². The zero-order valence-corrected chi connectivity index (χ0v) is 11.9. The van der Waals surface area contributed by atoms with E-state index < -0.39 is 18.6 Å². The van der Waals surface area contributed by atoms with E-state index in [-0.39, 0.29) is 17.4 Å². The Bertz CT molecular complexity index is 500. The molecule has 0 heterocycles. The molecule has 7 heteroatoms. The molecule has 1 aliphatic rings. The minimum atomic E-state index is -4.41. The number of nitrogens with zero attached hydrogens (tertiary/aromatic N) is 1. The molecule has 0 spiro atoms. The second-order valence-electron chi connectivity index (χ2n) is 4.45. The predicted molar refractivity (Wildman–Crippen MR) is 70.9 cm³/mol. The Morgan fingerprint density at radius 1 is 1.42 bits per heavy atom. The summed E-state index contributed by atoms with van der Waals surface area (Å²) in [7, 11) is 0. The first-order chi connectivity index (χ1) is 8.78. The van der Waals surface area contributed by atoms with Gasteiger partial charge in [0.05, 0.1) is 3.57 Å². The monoisotopic (exact) mass is 385 g/mol. The first kappa shape index (κ1) is 14.4. The highest BCUT2D eigenvalue weighted by atomic mass is 127. The molecule has 0 atom stereocenters. The van der Waals surface area contributed by atoms with E-state index in [9.17, 15) is 23.1 Å². The third kappa shape index (κ3) is 3.74. The van der Waals surface area contributed by atoms with Gasteiger partial charge in [0.1, 0.15) is 12.3 Å². The van der Waals surface area contributed by atoms with Crippen molar-refractivity contribution in [2.24, 2.45) is 0 Å². The second kappa shape index (κ2) is 5.18. The molecule has 1 aromatic rings. The smallest absolute Gasteiger partial charge is 0.406 e. The van der Waals surface area contributed by atoms with Crippen molar-refractivity contribution in [1.29, 1.82) is 0 Å². The van der Waals surface area contributed by atoms with Crippen molar-refractivity contribution in [1.82, 2.24) is 4.90 Å². The topological polar surface area (TPSA) is 40.5 Å². The van der Waals surface area contributed by atoms with Crippen LogP contribution in [0.3, 0.4) is 0 Å². The Morgan fingerprint density at radius 2 is 2.05 bits per heavy atom. The van der Waals surface area contributed by atoms with E-state index in [2.05, 4.69) is 0 Å². The van der Waals surface area contributed by atoms with Gasteiger partial charge in [-0.05, 0) is 53.6 Å². The van der Waals surface area contributed by atoms with Crippen LogP contribution in [-0.4, -0.2) is 34.7 Å². The molecule has 3 nitrogen and oxygen atoms in total. The molecule has 0 unspecified atom stereocenters. The van der Waals surface area contributed by atoms with Crippen LogP contribution in [0.4, 0.5) is 13.2 Å². The summed E-state index contributed by atoms with van der Waals surface area (Å²) in [5, 5.41) is 9.52. The summed E-state index contributed by atoms with van der Waals surface area (Å²) in [6, 6.07) is 3.79. The highest BCUT2D eigenvalue weighted by molar-refractivity contribution is 14.1. The van der Waals surface area contributed by atoms with Gasteiger partial charge in [-0.2, -0.15) is 13.2 Å². The van der Waals surface area contributed by atoms with Crippen LogP contribution in [-0.2, 0) is 0 Å². The van der Waals surface area contributed by atoms with Gasteiger partial charge in [0.2, 0.25) is 0 Å². The van der Waals surface area contributed by atoms with Gasteiger partial charge in [-0.15, -0.1) is 0 Å². The molecule has 1 aliphatic carbocycles. The molecule has 0 aliphatic heterocycles. The molecule has 0 radical (unpaired) electrons. The van der Waals surface area contributed by atoms with Crippen molar-refractivity contribution in [2.75, 3.05) is 6.54 Å². The van der Waals surface area contributed by atoms with Gasteiger partial charge in [-0.1, -0.05) is 0 Å². The van der Waals surface area contributed by atoms with E-state index in [0.717, 1.165) is 4.90 Å². The molecule has 2 rings (SSSR count). The average Bonchev–Trinajstić information content (AvgIpc) is 3.11. The number of amides is 1. The summed E-state index contributed by atoms with van der Waals surface area (Å²) in [6.07, 6.45) is -3.22. The number of carbonyl (C=O) groups excluding carboxylic acids is 1. The zero-order chi connectivity index (χ0) is 14.2. The third-order valence-corrected chi connectivity index (χ3v) is 3.70. The highest BCUT2D eigenvalue weighted by Crippen LogP contribution is 2.32. The molecule has 1 N–H and O–H groups in total. The Morgan fingerprint density at radius 3 is 2.53 bits per heavy atom. The molecule has 1 saturated carbocycles.